The molecule has 1 atom stereocenters. The van der Waals surface area contributed by atoms with E-state index in [0.29, 0.717) is 21.5 Å². The van der Waals surface area contributed by atoms with Crippen molar-refractivity contribution in [2.45, 2.75) is 12.5 Å². The van der Waals surface area contributed by atoms with Gasteiger partial charge < -0.3 is 4.90 Å². The van der Waals surface area contributed by atoms with Crippen LogP contribution in [0.2, 0.25) is 15.1 Å². The number of nitrogens with zero attached hydrogens (tertiary/aromatic N) is 2. The van der Waals surface area contributed by atoms with Crippen LogP contribution in [0.15, 0.2) is 66.7 Å². The van der Waals surface area contributed by atoms with Gasteiger partial charge in [-0.05, 0) is 53.9 Å². The van der Waals surface area contributed by atoms with Crippen LogP contribution in [-0.2, 0) is 6.42 Å². The second-order valence-electron chi connectivity index (χ2n) is 7.50. The maximum absolute atomic E-state index is 14.0. The average molecular weight is 464 g/mol. The minimum Gasteiger partial charge on any atom is -0.361 e. The molecule has 0 amide bonds. The number of piperazine rings is 1. The van der Waals surface area contributed by atoms with E-state index in [4.69, 9.17) is 34.8 Å². The fourth-order valence-electron chi connectivity index (χ4n) is 4.00. The molecule has 0 aliphatic carbocycles. The average Bonchev–Trinajstić information content (AvgIpc) is 2.74. The maximum atomic E-state index is 14.0. The van der Waals surface area contributed by atoms with Gasteiger partial charge >= 0.3 is 0 Å². The van der Waals surface area contributed by atoms with Crippen molar-refractivity contribution < 1.29 is 4.39 Å². The lowest BCUT2D eigenvalue weighted by Gasteiger charge is -2.43. The van der Waals surface area contributed by atoms with Crippen molar-refractivity contribution in [2.24, 2.45) is 0 Å². The molecular weight excluding hydrogens is 442 g/mol. The summed E-state index contributed by atoms with van der Waals surface area (Å²) in [5, 5.41) is 1.97. The Morgan fingerprint density at radius 2 is 1.60 bits per heavy atom. The number of hydrogen-bond acceptors (Lipinski definition) is 2. The second-order valence-corrected chi connectivity index (χ2v) is 8.78. The molecule has 30 heavy (non-hydrogen) atoms. The smallest absolute Gasteiger partial charge is 0.126 e. The number of hydrogen-bond donors (Lipinski definition) is 0. The van der Waals surface area contributed by atoms with Crippen molar-refractivity contribution in [2.75, 3.05) is 31.1 Å². The Morgan fingerprint density at radius 3 is 2.33 bits per heavy atom. The van der Waals surface area contributed by atoms with Gasteiger partial charge in [-0.1, -0.05) is 65.1 Å². The fraction of sp³-hybridized carbons (Fsp3) is 0.250. The van der Waals surface area contributed by atoms with E-state index in [-0.39, 0.29) is 11.9 Å². The highest BCUT2D eigenvalue weighted by molar-refractivity contribution is 6.36. The van der Waals surface area contributed by atoms with Gasteiger partial charge in [0.25, 0.3) is 0 Å². The van der Waals surface area contributed by atoms with Crippen LogP contribution >= 0.6 is 34.8 Å². The van der Waals surface area contributed by atoms with Crippen LogP contribution < -0.4 is 4.90 Å². The number of halogens is 4. The monoisotopic (exact) mass is 462 g/mol. The van der Waals surface area contributed by atoms with Gasteiger partial charge in [0, 0.05) is 36.2 Å². The lowest BCUT2D eigenvalue weighted by Crippen LogP contribution is -2.49. The van der Waals surface area contributed by atoms with Gasteiger partial charge in [0.15, 0.2) is 0 Å². The highest BCUT2D eigenvalue weighted by Crippen LogP contribution is 2.36. The van der Waals surface area contributed by atoms with Crippen molar-refractivity contribution >= 4 is 40.5 Å². The zero-order valence-corrected chi connectivity index (χ0v) is 18.6. The van der Waals surface area contributed by atoms with Gasteiger partial charge in [0.05, 0.1) is 16.8 Å². The molecule has 0 unspecified atom stereocenters. The number of anilines is 1. The van der Waals surface area contributed by atoms with Crippen LogP contribution in [0.25, 0.3) is 0 Å². The van der Waals surface area contributed by atoms with Crippen molar-refractivity contribution in [3.05, 3.63) is 98.7 Å². The van der Waals surface area contributed by atoms with Crippen molar-refractivity contribution in [1.82, 2.24) is 4.90 Å². The molecule has 4 rings (SSSR count). The molecule has 1 saturated heterocycles. The zero-order chi connectivity index (χ0) is 21.1. The summed E-state index contributed by atoms with van der Waals surface area (Å²) in [5.74, 6) is -0.140. The van der Waals surface area contributed by atoms with Crippen LogP contribution in [0.5, 0.6) is 0 Å². The van der Waals surface area contributed by atoms with E-state index in [2.05, 4.69) is 21.9 Å². The highest BCUT2D eigenvalue weighted by atomic mass is 35.5. The van der Waals surface area contributed by atoms with Gasteiger partial charge in [0.2, 0.25) is 0 Å². The molecular formula is C24H22Cl3FN2. The molecule has 1 aliphatic heterocycles. The Morgan fingerprint density at radius 1 is 0.867 bits per heavy atom. The molecule has 156 valence electrons. The quantitative estimate of drug-likeness (QED) is 0.406. The summed E-state index contributed by atoms with van der Waals surface area (Å²) < 4.78 is 14.0. The number of benzene rings is 3. The van der Waals surface area contributed by atoms with Gasteiger partial charge in [-0.25, -0.2) is 4.39 Å². The molecule has 3 aromatic carbocycles. The van der Waals surface area contributed by atoms with Crippen LogP contribution in [0.3, 0.4) is 0 Å². The molecule has 0 radical (unpaired) electrons. The molecule has 0 saturated carbocycles. The Bertz CT molecular complexity index is 1010. The summed E-state index contributed by atoms with van der Waals surface area (Å²) in [6, 6.07) is 20.7. The van der Waals surface area contributed by atoms with Gasteiger partial charge in [-0.3, -0.25) is 4.90 Å². The van der Waals surface area contributed by atoms with Crippen molar-refractivity contribution in [1.29, 1.82) is 0 Å². The molecule has 1 fully saturated rings. The number of rotatable bonds is 5. The topological polar surface area (TPSA) is 6.48 Å². The predicted molar refractivity (Wildman–Crippen MR) is 125 cm³/mol. The fourth-order valence-corrected chi connectivity index (χ4v) is 4.64. The summed E-state index contributed by atoms with van der Waals surface area (Å²) >= 11 is 18.8. The van der Waals surface area contributed by atoms with Crippen LogP contribution in [0, 0.1) is 5.82 Å². The SMILES string of the molecule is Fc1ccccc1CCN1CCN(c2ccc(Cl)cc2Cl)[C@H](c2ccc(Cl)cc2)C1. The van der Waals surface area contributed by atoms with Crippen LogP contribution in [-0.4, -0.2) is 31.1 Å². The second kappa shape index (κ2) is 9.57. The summed E-state index contributed by atoms with van der Waals surface area (Å²) in [4.78, 5) is 4.70. The Hall–Kier alpha value is -1.78. The minimum atomic E-state index is -0.140. The largest absolute Gasteiger partial charge is 0.361 e. The third-order valence-corrected chi connectivity index (χ3v) is 6.38. The van der Waals surface area contributed by atoms with E-state index in [1.807, 2.05) is 36.4 Å². The molecule has 2 nitrogen and oxygen atoms in total. The minimum absolute atomic E-state index is 0.107. The van der Waals surface area contributed by atoms with E-state index in [1.165, 1.54) is 11.6 Å². The van der Waals surface area contributed by atoms with E-state index in [1.54, 1.807) is 12.1 Å². The Kier molecular flexibility index (Phi) is 6.84. The summed E-state index contributed by atoms with van der Waals surface area (Å²) in [6.07, 6.45) is 0.682. The van der Waals surface area contributed by atoms with E-state index < -0.39 is 0 Å². The third kappa shape index (κ3) is 4.92. The molecule has 1 heterocycles. The van der Waals surface area contributed by atoms with Crippen molar-refractivity contribution in [3.8, 4) is 0 Å². The predicted octanol–water partition coefficient (Wildman–Crippen LogP) is 6.89. The zero-order valence-electron chi connectivity index (χ0n) is 16.4. The Balaban J connectivity index is 1.56. The maximum Gasteiger partial charge on any atom is 0.126 e. The molecule has 1 aliphatic rings. The summed E-state index contributed by atoms with van der Waals surface area (Å²) in [7, 11) is 0. The first kappa shape index (κ1) is 21.5. The molecule has 0 bridgehead atoms. The summed E-state index contributed by atoms with van der Waals surface area (Å²) in [5.41, 5.74) is 2.89. The lowest BCUT2D eigenvalue weighted by atomic mass is 10.0. The molecule has 0 N–H and O–H groups in total. The first-order chi connectivity index (χ1) is 14.5. The standard InChI is InChI=1S/C24H22Cl3FN2/c25-19-7-5-18(6-8-19)24-16-29(12-11-17-3-1-2-4-22(17)28)13-14-30(24)23-10-9-20(26)15-21(23)27/h1-10,15,24H,11-14,16H2/t24-/m0/s1. The van der Waals surface area contributed by atoms with Crippen LogP contribution in [0.4, 0.5) is 10.1 Å². The van der Waals surface area contributed by atoms with Gasteiger partial charge in [-0.2, -0.15) is 0 Å². The molecule has 6 heteroatoms. The normalized spacial score (nSPS) is 17.3. The third-order valence-electron chi connectivity index (χ3n) is 5.59. The Labute approximate surface area is 191 Å². The van der Waals surface area contributed by atoms with E-state index >= 15 is 0 Å². The van der Waals surface area contributed by atoms with Crippen molar-refractivity contribution in [3.63, 3.8) is 0 Å². The molecule has 0 spiro atoms. The first-order valence-electron chi connectivity index (χ1n) is 9.94. The van der Waals surface area contributed by atoms with E-state index in [9.17, 15) is 4.39 Å². The highest BCUT2D eigenvalue weighted by Gasteiger charge is 2.29. The lowest BCUT2D eigenvalue weighted by molar-refractivity contribution is 0.225. The van der Waals surface area contributed by atoms with Gasteiger partial charge in [-0.15, -0.1) is 0 Å². The summed E-state index contributed by atoms with van der Waals surface area (Å²) in [6.45, 7) is 3.30. The first-order valence-corrected chi connectivity index (χ1v) is 11.1. The molecule has 0 aromatic heterocycles. The molecule has 3 aromatic rings. The van der Waals surface area contributed by atoms with E-state index in [0.717, 1.165) is 37.4 Å². The van der Waals surface area contributed by atoms with Gasteiger partial charge in [0.1, 0.15) is 5.82 Å². The van der Waals surface area contributed by atoms with Crippen LogP contribution in [0.1, 0.15) is 17.2 Å².